The molecule has 6 heteroatoms. The van der Waals surface area contributed by atoms with Crippen LogP contribution >= 0.6 is 0 Å². The average molecular weight is 442 g/mol. The van der Waals surface area contributed by atoms with Crippen molar-refractivity contribution in [1.82, 2.24) is 14.4 Å². The molecule has 0 bridgehead atoms. The van der Waals surface area contributed by atoms with Crippen molar-refractivity contribution in [2.45, 2.75) is 46.6 Å². The van der Waals surface area contributed by atoms with Gasteiger partial charge in [0.15, 0.2) is 0 Å². The SMILES string of the molecule is CCCCc1ccc(C(=O)N(CC(=O)N(CCOC)Cc2cccn2C)CC(C)C)cc1. The lowest BCUT2D eigenvalue weighted by molar-refractivity contribution is -0.133. The fourth-order valence-electron chi connectivity index (χ4n) is 3.65. The molecular weight excluding hydrogens is 402 g/mol. The summed E-state index contributed by atoms with van der Waals surface area (Å²) in [6.07, 6.45) is 5.27. The lowest BCUT2D eigenvalue weighted by Crippen LogP contribution is -2.45. The Morgan fingerprint density at radius 3 is 2.38 bits per heavy atom. The van der Waals surface area contributed by atoms with E-state index in [0.717, 1.165) is 25.0 Å². The summed E-state index contributed by atoms with van der Waals surface area (Å²) in [5.74, 6) is 0.0901. The van der Waals surface area contributed by atoms with Crippen LogP contribution in [0.2, 0.25) is 0 Å². The number of aryl methyl sites for hydroxylation is 2. The maximum absolute atomic E-state index is 13.3. The second-order valence-corrected chi connectivity index (χ2v) is 8.80. The Kier molecular flexibility index (Phi) is 10.5. The van der Waals surface area contributed by atoms with Crippen molar-refractivity contribution in [3.05, 3.63) is 59.4 Å². The highest BCUT2D eigenvalue weighted by Crippen LogP contribution is 2.13. The molecule has 0 aliphatic rings. The average Bonchev–Trinajstić information content (AvgIpc) is 3.18. The normalized spacial score (nSPS) is 11.1. The minimum atomic E-state index is -0.0975. The molecule has 2 aromatic rings. The van der Waals surface area contributed by atoms with E-state index in [2.05, 4.69) is 20.8 Å². The Labute approximate surface area is 193 Å². The molecule has 0 saturated heterocycles. The van der Waals surface area contributed by atoms with Crippen molar-refractivity contribution in [2.75, 3.05) is 33.4 Å². The van der Waals surface area contributed by atoms with Gasteiger partial charge in [-0.1, -0.05) is 39.3 Å². The molecule has 0 N–H and O–H groups in total. The van der Waals surface area contributed by atoms with Gasteiger partial charge in [0.2, 0.25) is 5.91 Å². The van der Waals surface area contributed by atoms with Crippen molar-refractivity contribution < 1.29 is 14.3 Å². The highest BCUT2D eigenvalue weighted by atomic mass is 16.5. The minimum absolute atomic E-state index is 0.0583. The van der Waals surface area contributed by atoms with Gasteiger partial charge >= 0.3 is 0 Å². The first-order valence-electron chi connectivity index (χ1n) is 11.6. The number of hydrogen-bond acceptors (Lipinski definition) is 3. The van der Waals surface area contributed by atoms with E-state index in [4.69, 9.17) is 4.74 Å². The third-order valence-electron chi connectivity index (χ3n) is 5.54. The number of rotatable bonds is 13. The van der Waals surface area contributed by atoms with Crippen LogP contribution in [0.4, 0.5) is 0 Å². The van der Waals surface area contributed by atoms with Crippen LogP contribution in [0.25, 0.3) is 0 Å². The molecule has 0 radical (unpaired) electrons. The number of benzene rings is 1. The maximum Gasteiger partial charge on any atom is 0.254 e. The molecule has 1 aromatic carbocycles. The minimum Gasteiger partial charge on any atom is -0.383 e. The molecule has 0 atom stereocenters. The van der Waals surface area contributed by atoms with Gasteiger partial charge in [0.25, 0.3) is 5.91 Å². The van der Waals surface area contributed by atoms with Crippen molar-refractivity contribution in [2.24, 2.45) is 13.0 Å². The number of methoxy groups -OCH3 is 1. The number of ether oxygens (including phenoxy) is 1. The molecule has 1 heterocycles. The molecule has 32 heavy (non-hydrogen) atoms. The molecule has 176 valence electrons. The van der Waals surface area contributed by atoms with E-state index < -0.39 is 0 Å². The molecule has 1 aromatic heterocycles. The first-order chi connectivity index (χ1) is 15.3. The highest BCUT2D eigenvalue weighted by molar-refractivity contribution is 5.96. The third-order valence-corrected chi connectivity index (χ3v) is 5.54. The lowest BCUT2D eigenvalue weighted by Gasteiger charge is -2.29. The molecule has 2 rings (SSSR count). The summed E-state index contributed by atoms with van der Waals surface area (Å²) in [5.41, 5.74) is 2.91. The number of hydrogen-bond donors (Lipinski definition) is 0. The Bertz CT molecular complexity index is 842. The van der Waals surface area contributed by atoms with Crippen LogP contribution in [0.3, 0.4) is 0 Å². The van der Waals surface area contributed by atoms with E-state index in [9.17, 15) is 9.59 Å². The third kappa shape index (κ3) is 7.83. The number of amides is 2. The topological polar surface area (TPSA) is 54.8 Å². The van der Waals surface area contributed by atoms with E-state index in [1.807, 2.05) is 54.2 Å². The fourth-order valence-corrected chi connectivity index (χ4v) is 3.65. The number of unbranched alkanes of at least 4 members (excludes halogenated alkanes) is 1. The quantitative estimate of drug-likeness (QED) is 0.469. The zero-order chi connectivity index (χ0) is 23.5. The van der Waals surface area contributed by atoms with Gasteiger partial charge < -0.3 is 19.1 Å². The molecule has 0 aliphatic carbocycles. The van der Waals surface area contributed by atoms with Crippen molar-refractivity contribution in [1.29, 1.82) is 0 Å². The van der Waals surface area contributed by atoms with Crippen LogP contribution in [0.15, 0.2) is 42.6 Å². The van der Waals surface area contributed by atoms with E-state index in [-0.39, 0.29) is 24.3 Å². The number of aromatic nitrogens is 1. The van der Waals surface area contributed by atoms with E-state index in [1.165, 1.54) is 5.56 Å². The van der Waals surface area contributed by atoms with E-state index in [0.29, 0.717) is 31.8 Å². The van der Waals surface area contributed by atoms with E-state index >= 15 is 0 Å². The van der Waals surface area contributed by atoms with Gasteiger partial charge in [-0.15, -0.1) is 0 Å². The first kappa shape index (κ1) is 25.7. The van der Waals surface area contributed by atoms with Crippen molar-refractivity contribution >= 4 is 11.8 Å². The zero-order valence-corrected chi connectivity index (χ0v) is 20.3. The molecule has 0 aliphatic heterocycles. The Morgan fingerprint density at radius 2 is 1.81 bits per heavy atom. The number of carbonyl (C=O) groups excluding carboxylic acids is 2. The molecule has 0 saturated carbocycles. The van der Waals surface area contributed by atoms with Crippen LogP contribution < -0.4 is 0 Å². The van der Waals surface area contributed by atoms with Crippen molar-refractivity contribution in [3.8, 4) is 0 Å². The molecule has 2 amide bonds. The highest BCUT2D eigenvalue weighted by Gasteiger charge is 2.23. The standard InChI is InChI=1S/C26H39N3O3/c1-6-7-9-22-11-13-23(14-12-22)26(31)29(18-21(2)3)20-25(30)28(16-17-32-5)19-24-10-8-15-27(24)4/h8,10-15,21H,6-7,9,16-20H2,1-5H3. The predicted octanol–water partition coefficient (Wildman–Crippen LogP) is 4.14. The molecule has 0 unspecified atom stereocenters. The molecular formula is C26H39N3O3. The summed E-state index contributed by atoms with van der Waals surface area (Å²) < 4.78 is 7.22. The Balaban J connectivity index is 2.14. The number of carbonyl (C=O) groups is 2. The largest absolute Gasteiger partial charge is 0.383 e. The molecule has 6 nitrogen and oxygen atoms in total. The van der Waals surface area contributed by atoms with Crippen molar-refractivity contribution in [3.63, 3.8) is 0 Å². The summed E-state index contributed by atoms with van der Waals surface area (Å²) in [5, 5.41) is 0. The van der Waals surface area contributed by atoms with Crippen LogP contribution in [0, 0.1) is 5.92 Å². The predicted molar refractivity (Wildman–Crippen MR) is 129 cm³/mol. The monoisotopic (exact) mass is 441 g/mol. The first-order valence-corrected chi connectivity index (χ1v) is 11.6. The summed E-state index contributed by atoms with van der Waals surface area (Å²) in [6, 6.07) is 11.8. The second-order valence-electron chi connectivity index (χ2n) is 8.80. The van der Waals surface area contributed by atoms with Gasteiger partial charge in [-0.2, -0.15) is 0 Å². The van der Waals surface area contributed by atoms with Crippen LogP contribution in [-0.2, 0) is 29.5 Å². The van der Waals surface area contributed by atoms with Gasteiger partial charge in [0.1, 0.15) is 6.54 Å². The van der Waals surface area contributed by atoms with Gasteiger partial charge in [-0.3, -0.25) is 9.59 Å². The van der Waals surface area contributed by atoms with Crippen LogP contribution in [-0.4, -0.2) is 59.5 Å². The summed E-state index contributed by atoms with van der Waals surface area (Å²) in [7, 11) is 3.59. The second kappa shape index (κ2) is 13.1. The van der Waals surface area contributed by atoms with Gasteiger partial charge in [0, 0.05) is 44.7 Å². The summed E-state index contributed by atoms with van der Waals surface area (Å²) >= 11 is 0. The van der Waals surface area contributed by atoms with Gasteiger partial charge in [-0.25, -0.2) is 0 Å². The zero-order valence-electron chi connectivity index (χ0n) is 20.3. The lowest BCUT2D eigenvalue weighted by atomic mass is 10.1. The Morgan fingerprint density at radius 1 is 1.09 bits per heavy atom. The van der Waals surface area contributed by atoms with Gasteiger partial charge in [-0.05, 0) is 48.6 Å². The fraction of sp³-hybridized carbons (Fsp3) is 0.538. The maximum atomic E-state index is 13.3. The van der Waals surface area contributed by atoms with E-state index in [1.54, 1.807) is 16.9 Å². The van der Waals surface area contributed by atoms with Crippen LogP contribution in [0.5, 0.6) is 0 Å². The smallest absolute Gasteiger partial charge is 0.254 e. The van der Waals surface area contributed by atoms with Gasteiger partial charge in [0.05, 0.1) is 13.2 Å². The molecule has 0 fully saturated rings. The molecule has 0 spiro atoms. The summed E-state index contributed by atoms with van der Waals surface area (Å²) in [6.45, 7) is 8.31. The Hall–Kier alpha value is -2.60. The summed E-state index contributed by atoms with van der Waals surface area (Å²) in [4.78, 5) is 30.0. The number of nitrogens with zero attached hydrogens (tertiary/aromatic N) is 3. The van der Waals surface area contributed by atoms with Crippen LogP contribution in [0.1, 0.15) is 55.2 Å².